The summed E-state index contributed by atoms with van der Waals surface area (Å²) in [6.45, 7) is 5.06. The highest BCUT2D eigenvalue weighted by Crippen LogP contribution is 2.27. The zero-order chi connectivity index (χ0) is 18.7. The fraction of sp³-hybridized carbons (Fsp3) is 0.444. The van der Waals surface area contributed by atoms with Crippen molar-refractivity contribution in [3.8, 4) is 23.2 Å². The van der Waals surface area contributed by atoms with Gasteiger partial charge in [-0.3, -0.25) is 9.36 Å². The Kier molecular flexibility index (Phi) is 5.19. The van der Waals surface area contributed by atoms with Crippen molar-refractivity contribution in [2.75, 3.05) is 25.0 Å². The lowest BCUT2D eigenvalue weighted by Gasteiger charge is -2.32. The minimum atomic E-state index is -0.299. The maximum Gasteiger partial charge on any atom is 0.296 e. The van der Waals surface area contributed by atoms with Crippen LogP contribution in [0.25, 0.3) is 11.4 Å². The maximum absolute atomic E-state index is 12.7. The molecule has 1 aromatic heterocycles. The van der Waals surface area contributed by atoms with Gasteiger partial charge in [-0.2, -0.15) is 5.26 Å². The summed E-state index contributed by atoms with van der Waals surface area (Å²) in [5.74, 6) is 0.355. The van der Waals surface area contributed by atoms with Crippen molar-refractivity contribution < 1.29 is 5.11 Å². The summed E-state index contributed by atoms with van der Waals surface area (Å²) in [5.41, 5.74) is 0.394. The highest BCUT2D eigenvalue weighted by atomic mass is 16.3. The number of hydrogen-bond acceptors (Lipinski definition) is 7. The summed E-state index contributed by atoms with van der Waals surface area (Å²) >= 11 is 0. The van der Waals surface area contributed by atoms with E-state index in [1.165, 1.54) is 10.6 Å². The van der Waals surface area contributed by atoms with Crippen LogP contribution in [0.3, 0.4) is 0 Å². The second-order valence-electron chi connectivity index (χ2n) is 6.46. The average Bonchev–Trinajstić information content (AvgIpc) is 2.66. The lowest BCUT2D eigenvalue weighted by molar-refractivity contribution is 0.226. The highest BCUT2D eigenvalue weighted by Gasteiger charge is 2.21. The minimum Gasteiger partial charge on any atom is -0.507 e. The summed E-state index contributed by atoms with van der Waals surface area (Å²) in [6, 6.07) is 6.59. The van der Waals surface area contributed by atoms with E-state index in [2.05, 4.69) is 27.3 Å². The zero-order valence-electron chi connectivity index (χ0n) is 14.9. The van der Waals surface area contributed by atoms with Crippen molar-refractivity contribution in [1.29, 1.82) is 5.26 Å². The third-order valence-corrected chi connectivity index (χ3v) is 4.73. The number of nitrogens with zero attached hydrogens (tertiary/aromatic N) is 5. The number of nitriles is 1. The molecular weight excluding hydrogens is 332 g/mol. The number of rotatable bonds is 4. The Morgan fingerprint density at radius 2 is 2.23 bits per heavy atom. The first-order valence-corrected chi connectivity index (χ1v) is 8.69. The van der Waals surface area contributed by atoms with E-state index in [0.29, 0.717) is 11.1 Å². The molecule has 1 atom stereocenters. The summed E-state index contributed by atoms with van der Waals surface area (Å²) in [5, 5.41) is 30.4. The molecule has 1 saturated heterocycles. The van der Waals surface area contributed by atoms with Gasteiger partial charge in [-0.05, 0) is 44.1 Å². The number of phenols is 1. The standard InChI is InChI=1S/C18H22N6O2/c1-3-24-8-4-5-13(11-24)20-16-18(26)23(2)17(22-21-16)14-7-6-12(10-19)9-15(14)25/h6-7,9,13,25H,3-5,8,11H2,1-2H3,(H,20,21)/t13-/m1/s1. The van der Waals surface area contributed by atoms with E-state index in [0.717, 1.165) is 32.5 Å². The lowest BCUT2D eigenvalue weighted by atomic mass is 10.1. The summed E-state index contributed by atoms with van der Waals surface area (Å²) in [6.07, 6.45) is 2.07. The molecule has 2 aromatic rings. The van der Waals surface area contributed by atoms with E-state index >= 15 is 0 Å². The molecule has 0 unspecified atom stereocenters. The Bertz CT molecular complexity index is 902. The topological polar surface area (TPSA) is 107 Å². The average molecular weight is 354 g/mol. The first-order valence-electron chi connectivity index (χ1n) is 8.69. The molecule has 0 radical (unpaired) electrons. The summed E-state index contributed by atoms with van der Waals surface area (Å²) in [4.78, 5) is 15.0. The fourth-order valence-electron chi connectivity index (χ4n) is 3.23. The van der Waals surface area contributed by atoms with Crippen molar-refractivity contribution in [2.24, 2.45) is 7.05 Å². The van der Waals surface area contributed by atoms with Gasteiger partial charge < -0.3 is 15.3 Å². The lowest BCUT2D eigenvalue weighted by Crippen LogP contribution is -2.43. The first kappa shape index (κ1) is 17.9. The van der Waals surface area contributed by atoms with Crippen LogP contribution in [-0.4, -0.2) is 50.4 Å². The molecule has 26 heavy (non-hydrogen) atoms. The van der Waals surface area contributed by atoms with Crippen LogP contribution in [0.1, 0.15) is 25.3 Å². The predicted molar refractivity (Wildman–Crippen MR) is 97.8 cm³/mol. The molecule has 136 valence electrons. The highest BCUT2D eigenvalue weighted by molar-refractivity contribution is 5.65. The quantitative estimate of drug-likeness (QED) is 0.852. The van der Waals surface area contributed by atoms with Gasteiger partial charge in [0.2, 0.25) is 5.82 Å². The summed E-state index contributed by atoms with van der Waals surface area (Å²) in [7, 11) is 1.59. The zero-order valence-corrected chi connectivity index (χ0v) is 14.9. The fourth-order valence-corrected chi connectivity index (χ4v) is 3.23. The van der Waals surface area contributed by atoms with Crippen molar-refractivity contribution in [3.63, 3.8) is 0 Å². The van der Waals surface area contributed by atoms with E-state index in [1.807, 2.05) is 6.07 Å². The number of nitrogens with one attached hydrogen (secondary N) is 1. The van der Waals surface area contributed by atoms with E-state index in [4.69, 9.17) is 5.26 Å². The molecule has 1 aliphatic heterocycles. The molecule has 8 heteroatoms. The molecule has 1 aliphatic rings. The number of aromatic hydroxyl groups is 1. The number of likely N-dealkylation sites (N-methyl/N-ethyl adjacent to an activating group) is 1. The van der Waals surface area contributed by atoms with Crippen molar-refractivity contribution in [3.05, 3.63) is 34.1 Å². The largest absolute Gasteiger partial charge is 0.507 e. The monoisotopic (exact) mass is 354 g/mol. The molecule has 1 fully saturated rings. The van der Waals surface area contributed by atoms with E-state index in [9.17, 15) is 9.90 Å². The molecule has 8 nitrogen and oxygen atoms in total. The smallest absolute Gasteiger partial charge is 0.296 e. The number of likely N-dealkylation sites (tertiary alicyclic amines) is 1. The molecule has 0 saturated carbocycles. The van der Waals surface area contributed by atoms with Crippen LogP contribution in [0, 0.1) is 11.3 Å². The number of hydrogen-bond donors (Lipinski definition) is 2. The number of phenolic OH excluding ortho intramolecular Hbond substituents is 1. The Balaban J connectivity index is 1.87. The van der Waals surface area contributed by atoms with Crippen molar-refractivity contribution in [2.45, 2.75) is 25.8 Å². The molecule has 1 aromatic carbocycles. The molecule has 2 heterocycles. The molecule has 0 bridgehead atoms. The van der Waals surface area contributed by atoms with E-state index in [1.54, 1.807) is 19.2 Å². The molecular formula is C18H22N6O2. The third-order valence-electron chi connectivity index (χ3n) is 4.73. The molecule has 3 rings (SSSR count). The van der Waals surface area contributed by atoms with Gasteiger partial charge in [0.25, 0.3) is 5.56 Å². The van der Waals surface area contributed by atoms with Crippen molar-refractivity contribution in [1.82, 2.24) is 19.7 Å². The van der Waals surface area contributed by atoms with Gasteiger partial charge in [-0.15, -0.1) is 10.2 Å². The molecule has 0 amide bonds. The van der Waals surface area contributed by atoms with Gasteiger partial charge in [-0.25, -0.2) is 0 Å². The third kappa shape index (κ3) is 3.53. The number of piperidine rings is 1. The first-order chi connectivity index (χ1) is 12.5. The van der Waals surface area contributed by atoms with Crippen LogP contribution in [0.2, 0.25) is 0 Å². The molecule has 0 spiro atoms. The van der Waals surface area contributed by atoms with E-state index in [-0.39, 0.29) is 29.0 Å². The molecule has 0 aliphatic carbocycles. The SMILES string of the molecule is CCN1CCC[C@@H](Nc2nnc(-c3ccc(C#N)cc3O)n(C)c2=O)C1. The van der Waals surface area contributed by atoms with Crippen LogP contribution in [0.15, 0.2) is 23.0 Å². The Labute approximate surface area is 151 Å². The summed E-state index contributed by atoms with van der Waals surface area (Å²) < 4.78 is 1.36. The van der Waals surface area contributed by atoms with Gasteiger partial charge in [0, 0.05) is 19.6 Å². The van der Waals surface area contributed by atoms with Gasteiger partial charge in [0.15, 0.2) is 5.82 Å². The second-order valence-corrected chi connectivity index (χ2v) is 6.46. The van der Waals surface area contributed by atoms with Crippen LogP contribution >= 0.6 is 0 Å². The Hall–Kier alpha value is -2.92. The molecule has 2 N–H and O–H groups in total. The normalized spacial score (nSPS) is 17.7. The van der Waals surface area contributed by atoms with Gasteiger partial charge in [0.05, 0.1) is 17.2 Å². The maximum atomic E-state index is 12.7. The van der Waals surface area contributed by atoms with Crippen LogP contribution in [-0.2, 0) is 7.05 Å². The van der Waals surface area contributed by atoms with Gasteiger partial charge in [0.1, 0.15) is 5.75 Å². The van der Waals surface area contributed by atoms with Gasteiger partial charge >= 0.3 is 0 Å². The minimum absolute atomic E-state index is 0.111. The Morgan fingerprint density at radius 3 is 2.92 bits per heavy atom. The van der Waals surface area contributed by atoms with Crippen LogP contribution in [0.5, 0.6) is 5.75 Å². The van der Waals surface area contributed by atoms with Crippen LogP contribution in [0.4, 0.5) is 5.82 Å². The van der Waals surface area contributed by atoms with Gasteiger partial charge in [-0.1, -0.05) is 6.92 Å². The van der Waals surface area contributed by atoms with E-state index < -0.39 is 0 Å². The number of benzene rings is 1. The number of anilines is 1. The van der Waals surface area contributed by atoms with Crippen molar-refractivity contribution >= 4 is 5.82 Å². The van der Waals surface area contributed by atoms with Crippen LogP contribution < -0.4 is 10.9 Å². The Morgan fingerprint density at radius 1 is 1.42 bits per heavy atom. The number of aromatic nitrogens is 3. The second kappa shape index (κ2) is 7.54. The predicted octanol–water partition coefficient (Wildman–Crippen LogP) is 1.32.